The molecule has 1 atom stereocenters. The molecule has 0 unspecified atom stereocenters. The molecule has 2 nitrogen and oxygen atoms in total. The second-order valence-corrected chi connectivity index (χ2v) is 8.99. The monoisotopic (exact) mass is 373 g/mol. The Morgan fingerprint density at radius 2 is 1.88 bits per heavy atom. The molecule has 1 aliphatic heterocycles. The van der Waals surface area contributed by atoms with Crippen LogP contribution in [0.1, 0.15) is 55.4 Å². The maximum absolute atomic E-state index is 13.5. The van der Waals surface area contributed by atoms with Crippen molar-refractivity contribution in [3.63, 3.8) is 0 Å². The van der Waals surface area contributed by atoms with E-state index in [4.69, 9.17) is 4.74 Å². The van der Waals surface area contributed by atoms with Crippen LogP contribution in [0.4, 0.5) is 4.39 Å². The van der Waals surface area contributed by atoms with Crippen LogP contribution in [-0.2, 0) is 16.7 Å². The lowest BCUT2D eigenvalue weighted by atomic mass is 9.66. The van der Waals surface area contributed by atoms with Gasteiger partial charge in [-0.15, -0.1) is 11.3 Å². The molecule has 1 saturated carbocycles. The summed E-state index contributed by atoms with van der Waals surface area (Å²) < 4.78 is 19.8. The first kappa shape index (κ1) is 18.1. The number of benzene rings is 1. The summed E-state index contributed by atoms with van der Waals surface area (Å²) >= 11 is 1.80. The zero-order valence-corrected chi connectivity index (χ0v) is 16.1. The van der Waals surface area contributed by atoms with Gasteiger partial charge in [0.15, 0.2) is 0 Å². The second-order valence-electron chi connectivity index (χ2n) is 7.96. The van der Waals surface area contributed by atoms with Gasteiger partial charge < -0.3 is 10.1 Å². The SMILES string of the molecule is Fc1ccc([C@]2(CCNCc3cccs3)CCOC3(CCCC3)C2)cc1. The lowest BCUT2D eigenvalue weighted by Crippen LogP contribution is -2.47. The van der Waals surface area contributed by atoms with Gasteiger partial charge in [-0.25, -0.2) is 4.39 Å². The van der Waals surface area contributed by atoms with Crippen LogP contribution in [0.25, 0.3) is 0 Å². The Morgan fingerprint density at radius 3 is 2.62 bits per heavy atom. The molecule has 1 aromatic heterocycles. The van der Waals surface area contributed by atoms with Crippen molar-refractivity contribution < 1.29 is 9.13 Å². The predicted octanol–water partition coefficient (Wildman–Crippen LogP) is 5.43. The average Bonchev–Trinajstić information content (AvgIpc) is 3.32. The van der Waals surface area contributed by atoms with Gasteiger partial charge >= 0.3 is 0 Å². The maximum Gasteiger partial charge on any atom is 0.123 e. The van der Waals surface area contributed by atoms with Crippen molar-refractivity contribution in [3.05, 3.63) is 58.0 Å². The number of halogens is 1. The predicted molar refractivity (Wildman–Crippen MR) is 105 cm³/mol. The Balaban J connectivity index is 1.50. The minimum atomic E-state index is -0.151. The van der Waals surface area contributed by atoms with Gasteiger partial charge in [0, 0.05) is 23.4 Å². The fourth-order valence-corrected chi connectivity index (χ4v) is 5.59. The van der Waals surface area contributed by atoms with Crippen molar-refractivity contribution in [2.75, 3.05) is 13.2 Å². The van der Waals surface area contributed by atoms with Crippen molar-refractivity contribution in [2.45, 2.75) is 62.5 Å². The molecule has 2 heterocycles. The molecule has 1 spiro atoms. The molecule has 0 bridgehead atoms. The number of thiophene rings is 1. The van der Waals surface area contributed by atoms with E-state index >= 15 is 0 Å². The van der Waals surface area contributed by atoms with E-state index in [1.807, 2.05) is 12.1 Å². The van der Waals surface area contributed by atoms with E-state index in [1.54, 1.807) is 23.5 Å². The quantitative estimate of drug-likeness (QED) is 0.682. The topological polar surface area (TPSA) is 21.3 Å². The van der Waals surface area contributed by atoms with Gasteiger partial charge in [-0.1, -0.05) is 31.0 Å². The highest BCUT2D eigenvalue weighted by molar-refractivity contribution is 7.09. The number of ether oxygens (including phenoxy) is 1. The maximum atomic E-state index is 13.5. The third-order valence-electron chi connectivity index (χ3n) is 6.28. The highest BCUT2D eigenvalue weighted by atomic mass is 32.1. The van der Waals surface area contributed by atoms with E-state index < -0.39 is 0 Å². The Kier molecular flexibility index (Phi) is 5.44. The van der Waals surface area contributed by atoms with E-state index in [9.17, 15) is 4.39 Å². The van der Waals surface area contributed by atoms with Crippen molar-refractivity contribution in [2.24, 2.45) is 0 Å². The van der Waals surface area contributed by atoms with Gasteiger partial charge in [-0.2, -0.15) is 0 Å². The van der Waals surface area contributed by atoms with Crippen molar-refractivity contribution in [1.82, 2.24) is 5.32 Å². The molecular weight excluding hydrogens is 345 g/mol. The van der Waals surface area contributed by atoms with Crippen molar-refractivity contribution >= 4 is 11.3 Å². The fourth-order valence-electron chi connectivity index (χ4n) is 4.92. The Labute approximate surface area is 159 Å². The molecule has 1 saturated heterocycles. The molecule has 0 amide bonds. The van der Waals surface area contributed by atoms with Gasteiger partial charge in [-0.05, 0) is 67.8 Å². The number of hydrogen-bond acceptors (Lipinski definition) is 3. The van der Waals surface area contributed by atoms with Gasteiger partial charge in [0.25, 0.3) is 0 Å². The van der Waals surface area contributed by atoms with Gasteiger partial charge in [0.05, 0.1) is 5.60 Å². The molecule has 2 aliphatic rings. The molecule has 0 radical (unpaired) electrons. The third kappa shape index (κ3) is 3.88. The first-order valence-corrected chi connectivity index (χ1v) is 10.7. The van der Waals surface area contributed by atoms with E-state index in [-0.39, 0.29) is 16.8 Å². The first-order chi connectivity index (χ1) is 12.7. The van der Waals surface area contributed by atoms with E-state index in [0.29, 0.717) is 0 Å². The van der Waals surface area contributed by atoms with Crippen LogP contribution in [0.2, 0.25) is 0 Å². The van der Waals surface area contributed by atoms with E-state index in [0.717, 1.165) is 39.0 Å². The van der Waals surface area contributed by atoms with E-state index in [2.05, 4.69) is 22.8 Å². The van der Waals surface area contributed by atoms with Gasteiger partial charge in [-0.3, -0.25) is 0 Å². The van der Waals surface area contributed by atoms with Crippen LogP contribution in [-0.4, -0.2) is 18.8 Å². The number of nitrogens with one attached hydrogen (secondary N) is 1. The first-order valence-electron chi connectivity index (χ1n) is 9.83. The summed E-state index contributed by atoms with van der Waals surface area (Å²) in [5.74, 6) is -0.151. The summed E-state index contributed by atoms with van der Waals surface area (Å²) in [6, 6.07) is 11.5. The highest BCUT2D eigenvalue weighted by Gasteiger charge is 2.47. The lowest BCUT2D eigenvalue weighted by molar-refractivity contribution is -0.103. The zero-order valence-electron chi connectivity index (χ0n) is 15.3. The molecule has 1 N–H and O–H groups in total. The van der Waals surface area contributed by atoms with Crippen molar-refractivity contribution in [1.29, 1.82) is 0 Å². The Bertz CT molecular complexity index is 693. The van der Waals surface area contributed by atoms with Crippen molar-refractivity contribution in [3.8, 4) is 0 Å². The Hall–Kier alpha value is -1.23. The van der Waals surface area contributed by atoms with E-state index in [1.165, 1.54) is 36.1 Å². The minimum Gasteiger partial charge on any atom is -0.375 e. The molecule has 1 aromatic carbocycles. The standard InChI is InChI=1S/C22H28FNOS/c23-19-7-5-18(6-8-19)21(11-13-24-16-20-4-3-15-26-20)12-14-25-22(17-21)9-1-2-10-22/h3-8,15,24H,1-2,9-14,16-17H2/t21-/m1/s1. The lowest BCUT2D eigenvalue weighted by Gasteiger charge is -2.47. The van der Waals surface area contributed by atoms with Crippen LogP contribution >= 0.6 is 11.3 Å². The molecule has 1 aliphatic carbocycles. The third-order valence-corrected chi connectivity index (χ3v) is 7.16. The normalized spacial score (nSPS) is 25.0. The molecule has 4 rings (SSSR count). The van der Waals surface area contributed by atoms with Gasteiger partial charge in [0.1, 0.15) is 5.82 Å². The zero-order chi connectivity index (χ0) is 17.9. The largest absolute Gasteiger partial charge is 0.375 e. The summed E-state index contributed by atoms with van der Waals surface area (Å²) in [6.45, 7) is 2.73. The van der Waals surface area contributed by atoms with Crippen LogP contribution in [0.5, 0.6) is 0 Å². The summed E-state index contributed by atoms with van der Waals surface area (Å²) in [5.41, 5.74) is 1.44. The molecular formula is C22H28FNOS. The minimum absolute atomic E-state index is 0.0559. The summed E-state index contributed by atoms with van der Waals surface area (Å²) in [4.78, 5) is 1.38. The molecule has 4 heteroatoms. The smallest absolute Gasteiger partial charge is 0.123 e. The summed E-state index contributed by atoms with van der Waals surface area (Å²) in [7, 11) is 0. The Morgan fingerprint density at radius 1 is 1.08 bits per heavy atom. The van der Waals surface area contributed by atoms with Crippen LogP contribution in [0.3, 0.4) is 0 Å². The molecule has 2 fully saturated rings. The van der Waals surface area contributed by atoms with Crippen LogP contribution < -0.4 is 5.32 Å². The average molecular weight is 374 g/mol. The second kappa shape index (κ2) is 7.79. The summed E-state index contributed by atoms with van der Waals surface area (Å²) in [6.07, 6.45) is 8.09. The van der Waals surface area contributed by atoms with Crippen LogP contribution in [0, 0.1) is 5.82 Å². The molecule has 140 valence electrons. The molecule has 26 heavy (non-hydrogen) atoms. The number of hydrogen-bond donors (Lipinski definition) is 1. The fraction of sp³-hybridized carbons (Fsp3) is 0.545. The van der Waals surface area contributed by atoms with Crippen LogP contribution in [0.15, 0.2) is 41.8 Å². The number of rotatable bonds is 6. The highest BCUT2D eigenvalue weighted by Crippen LogP contribution is 2.50. The molecule has 2 aromatic rings. The van der Waals surface area contributed by atoms with Gasteiger partial charge in [0.2, 0.25) is 0 Å². The summed E-state index contributed by atoms with van der Waals surface area (Å²) in [5, 5.41) is 5.74.